The molecule has 0 aliphatic carbocycles. The van der Waals surface area contributed by atoms with Gasteiger partial charge in [0, 0.05) is 6.42 Å². The molecule has 0 radical (unpaired) electrons. The number of hydrogen-bond donors (Lipinski definition) is 2. The van der Waals surface area contributed by atoms with Gasteiger partial charge in [0.05, 0.1) is 17.9 Å². The standard InChI is InChI=1S/C18H23N3O4/c1-3-4-10-25-14-7-5-6-12-16(14)18(24)21(11(2)19-12)13-8-9-15(22)20-17(13)23/h5-7,13,18,24H,3-4,8-10H2,1-2H3,(H,20,22,23). The summed E-state index contributed by atoms with van der Waals surface area (Å²) in [5, 5.41) is 13.3. The lowest BCUT2D eigenvalue weighted by atomic mass is 10.00. The number of rotatable bonds is 5. The molecule has 7 heteroatoms. The van der Waals surface area contributed by atoms with E-state index in [1.54, 1.807) is 17.9 Å². The number of amidine groups is 1. The molecule has 2 aliphatic heterocycles. The molecule has 0 saturated carbocycles. The molecule has 2 N–H and O–H groups in total. The third-order valence-corrected chi connectivity index (χ3v) is 4.52. The highest BCUT2D eigenvalue weighted by atomic mass is 16.5. The molecule has 1 fully saturated rings. The number of fused-ring (bicyclic) bond motifs is 1. The number of benzene rings is 1. The Hall–Kier alpha value is -2.41. The largest absolute Gasteiger partial charge is 0.493 e. The summed E-state index contributed by atoms with van der Waals surface area (Å²) in [6.07, 6.45) is 1.47. The van der Waals surface area contributed by atoms with Gasteiger partial charge in [-0.05, 0) is 31.9 Å². The van der Waals surface area contributed by atoms with Crippen LogP contribution in [0.4, 0.5) is 5.69 Å². The van der Waals surface area contributed by atoms with Gasteiger partial charge < -0.3 is 14.7 Å². The summed E-state index contributed by atoms with van der Waals surface area (Å²) in [6, 6.07) is 4.83. The van der Waals surface area contributed by atoms with Crippen molar-refractivity contribution in [1.82, 2.24) is 10.2 Å². The van der Waals surface area contributed by atoms with E-state index in [1.807, 2.05) is 12.1 Å². The first-order valence-electron chi connectivity index (χ1n) is 8.64. The summed E-state index contributed by atoms with van der Waals surface area (Å²) in [5.41, 5.74) is 1.21. The summed E-state index contributed by atoms with van der Waals surface area (Å²) < 4.78 is 5.82. The van der Waals surface area contributed by atoms with E-state index >= 15 is 0 Å². The summed E-state index contributed by atoms with van der Waals surface area (Å²) >= 11 is 0. The number of ether oxygens (including phenoxy) is 1. The van der Waals surface area contributed by atoms with Crippen LogP contribution in [0.3, 0.4) is 0 Å². The van der Waals surface area contributed by atoms with Crippen LogP contribution in [0, 0.1) is 0 Å². The van der Waals surface area contributed by atoms with Crippen molar-refractivity contribution >= 4 is 23.3 Å². The van der Waals surface area contributed by atoms with Gasteiger partial charge in [0.1, 0.15) is 17.6 Å². The molecule has 2 heterocycles. The average molecular weight is 345 g/mol. The molecule has 2 atom stereocenters. The number of hydrogen-bond acceptors (Lipinski definition) is 6. The quantitative estimate of drug-likeness (QED) is 0.629. The van der Waals surface area contributed by atoms with Crippen LogP contribution in [0.15, 0.2) is 23.2 Å². The molecular weight excluding hydrogens is 322 g/mol. The van der Waals surface area contributed by atoms with Crippen LogP contribution in [0.1, 0.15) is 51.3 Å². The normalized spacial score (nSPS) is 23.0. The zero-order valence-corrected chi connectivity index (χ0v) is 14.5. The van der Waals surface area contributed by atoms with Gasteiger partial charge in [-0.1, -0.05) is 19.4 Å². The fourth-order valence-corrected chi connectivity index (χ4v) is 3.23. The van der Waals surface area contributed by atoms with E-state index in [9.17, 15) is 14.7 Å². The molecule has 3 rings (SSSR count). The van der Waals surface area contributed by atoms with Crippen LogP contribution in [-0.2, 0) is 9.59 Å². The minimum atomic E-state index is -1.05. The molecule has 2 unspecified atom stereocenters. The first-order valence-corrected chi connectivity index (χ1v) is 8.64. The minimum Gasteiger partial charge on any atom is -0.493 e. The second kappa shape index (κ2) is 7.23. The lowest BCUT2D eigenvalue weighted by Gasteiger charge is -2.40. The smallest absolute Gasteiger partial charge is 0.249 e. The number of carbonyl (C=O) groups is 2. The number of aliphatic hydroxyl groups excluding tert-OH is 1. The van der Waals surface area contributed by atoms with Crippen molar-refractivity contribution in [2.75, 3.05) is 6.61 Å². The van der Waals surface area contributed by atoms with Gasteiger partial charge in [-0.25, -0.2) is 4.99 Å². The van der Waals surface area contributed by atoms with Gasteiger partial charge in [-0.2, -0.15) is 0 Å². The average Bonchev–Trinajstić information content (AvgIpc) is 2.56. The topological polar surface area (TPSA) is 91.2 Å². The summed E-state index contributed by atoms with van der Waals surface area (Å²) in [6.45, 7) is 4.39. The van der Waals surface area contributed by atoms with Gasteiger partial charge in [-0.15, -0.1) is 0 Å². The summed E-state index contributed by atoms with van der Waals surface area (Å²) in [4.78, 5) is 29.7. The van der Waals surface area contributed by atoms with Crippen molar-refractivity contribution in [2.24, 2.45) is 4.99 Å². The molecular formula is C18H23N3O4. The molecule has 2 amide bonds. The van der Waals surface area contributed by atoms with Crippen molar-refractivity contribution in [1.29, 1.82) is 0 Å². The molecule has 0 bridgehead atoms. The van der Waals surface area contributed by atoms with Crippen LogP contribution in [0.5, 0.6) is 5.75 Å². The fraction of sp³-hybridized carbons (Fsp3) is 0.500. The number of nitrogens with one attached hydrogen (secondary N) is 1. The zero-order valence-electron chi connectivity index (χ0n) is 14.5. The maximum absolute atomic E-state index is 12.2. The van der Waals surface area contributed by atoms with Crippen molar-refractivity contribution in [3.8, 4) is 5.75 Å². The maximum atomic E-state index is 12.2. The Balaban J connectivity index is 1.92. The number of carbonyl (C=O) groups excluding carboxylic acids is 2. The predicted molar refractivity (Wildman–Crippen MR) is 92.6 cm³/mol. The minimum absolute atomic E-state index is 0.244. The van der Waals surface area contributed by atoms with Crippen LogP contribution in [-0.4, -0.2) is 40.3 Å². The molecule has 1 saturated heterocycles. The molecule has 0 spiro atoms. The van der Waals surface area contributed by atoms with Crippen molar-refractivity contribution in [3.63, 3.8) is 0 Å². The van der Waals surface area contributed by atoms with Gasteiger partial charge in [0.2, 0.25) is 11.8 Å². The third-order valence-electron chi connectivity index (χ3n) is 4.52. The Morgan fingerprint density at radius 2 is 2.20 bits per heavy atom. The number of amides is 2. The second-order valence-corrected chi connectivity index (χ2v) is 6.30. The van der Waals surface area contributed by atoms with Gasteiger partial charge >= 0.3 is 0 Å². The van der Waals surface area contributed by atoms with Crippen molar-refractivity contribution in [2.45, 2.75) is 51.8 Å². The Morgan fingerprint density at radius 1 is 1.40 bits per heavy atom. The van der Waals surface area contributed by atoms with E-state index in [2.05, 4.69) is 17.2 Å². The monoisotopic (exact) mass is 345 g/mol. The second-order valence-electron chi connectivity index (χ2n) is 6.30. The van der Waals surface area contributed by atoms with Crippen LogP contribution < -0.4 is 10.1 Å². The first kappa shape index (κ1) is 17.4. The molecule has 134 valence electrons. The zero-order chi connectivity index (χ0) is 18.0. The molecule has 2 aliphatic rings. The van der Waals surface area contributed by atoms with Gasteiger partial charge in [-0.3, -0.25) is 14.9 Å². The Labute approximate surface area is 146 Å². The van der Waals surface area contributed by atoms with E-state index in [0.717, 1.165) is 12.8 Å². The Bertz CT molecular complexity index is 716. The highest BCUT2D eigenvalue weighted by Crippen LogP contribution is 2.41. The van der Waals surface area contributed by atoms with Gasteiger partial charge in [0.25, 0.3) is 0 Å². The molecule has 25 heavy (non-hydrogen) atoms. The number of imide groups is 1. The van der Waals surface area contributed by atoms with E-state index in [0.29, 0.717) is 35.9 Å². The lowest BCUT2D eigenvalue weighted by Crippen LogP contribution is -2.55. The highest BCUT2D eigenvalue weighted by molar-refractivity contribution is 6.02. The van der Waals surface area contributed by atoms with E-state index in [1.165, 1.54) is 0 Å². The van der Waals surface area contributed by atoms with Crippen LogP contribution in [0.2, 0.25) is 0 Å². The molecule has 7 nitrogen and oxygen atoms in total. The predicted octanol–water partition coefficient (Wildman–Crippen LogP) is 2.03. The third kappa shape index (κ3) is 3.37. The summed E-state index contributed by atoms with van der Waals surface area (Å²) in [5.74, 6) is 0.427. The van der Waals surface area contributed by atoms with E-state index < -0.39 is 18.2 Å². The van der Waals surface area contributed by atoms with E-state index in [4.69, 9.17) is 4.74 Å². The lowest BCUT2D eigenvalue weighted by molar-refractivity contribution is -0.139. The van der Waals surface area contributed by atoms with E-state index in [-0.39, 0.29) is 12.3 Å². The number of piperidine rings is 1. The number of unbranched alkanes of at least 4 members (excludes halogenated alkanes) is 1. The van der Waals surface area contributed by atoms with Crippen LogP contribution >= 0.6 is 0 Å². The molecule has 1 aromatic carbocycles. The Morgan fingerprint density at radius 3 is 2.92 bits per heavy atom. The van der Waals surface area contributed by atoms with Crippen molar-refractivity contribution < 1.29 is 19.4 Å². The molecule has 0 aromatic heterocycles. The fourth-order valence-electron chi connectivity index (χ4n) is 3.23. The first-order chi connectivity index (χ1) is 12.0. The highest BCUT2D eigenvalue weighted by Gasteiger charge is 2.39. The molecule has 1 aromatic rings. The maximum Gasteiger partial charge on any atom is 0.249 e. The van der Waals surface area contributed by atoms with Crippen molar-refractivity contribution in [3.05, 3.63) is 23.8 Å². The SMILES string of the molecule is CCCCOc1cccc2c1C(O)N(C1CCC(=O)NC1=O)C(C)=N2. The van der Waals surface area contributed by atoms with Crippen LogP contribution in [0.25, 0.3) is 0 Å². The number of nitrogens with zero attached hydrogens (tertiary/aromatic N) is 2. The van der Waals surface area contributed by atoms with Gasteiger partial charge in [0.15, 0.2) is 6.23 Å². The number of aliphatic imine (C=N–C) groups is 1. The number of aliphatic hydroxyl groups is 1. The Kier molecular flexibility index (Phi) is 5.03. The summed E-state index contributed by atoms with van der Waals surface area (Å²) in [7, 11) is 0.